The van der Waals surface area contributed by atoms with Crippen LogP contribution in [0.15, 0.2) is 24.7 Å². The maximum absolute atomic E-state index is 12.9. The Balaban J connectivity index is 1.41. The number of rotatable bonds is 5. The second-order valence-corrected chi connectivity index (χ2v) is 8.55. The Kier molecular flexibility index (Phi) is 5.41. The first-order valence-corrected chi connectivity index (χ1v) is 11.2. The Morgan fingerprint density at radius 1 is 1.18 bits per heavy atom. The lowest BCUT2D eigenvalue weighted by Gasteiger charge is -2.29. The normalized spacial score (nSPS) is 19.2. The molecule has 1 atom stereocenters. The molecule has 11 heteroatoms. The molecule has 2 aliphatic rings. The van der Waals surface area contributed by atoms with Crippen molar-refractivity contribution in [1.82, 2.24) is 29.4 Å². The fourth-order valence-electron chi connectivity index (χ4n) is 4.44. The molecule has 0 aromatic carbocycles. The average Bonchev–Trinajstić information content (AvgIpc) is 3.37. The molecule has 0 radical (unpaired) electrons. The molecule has 174 valence electrons. The van der Waals surface area contributed by atoms with Gasteiger partial charge < -0.3 is 14.8 Å². The molecular weight excluding hydrogens is 435 g/mol. The third-order valence-electron chi connectivity index (χ3n) is 6.46. The molecule has 3 aromatic heterocycles. The number of carbonyl (C=O) groups excluding carboxylic acids is 1. The second kappa shape index (κ2) is 8.27. The van der Waals surface area contributed by atoms with Crippen LogP contribution < -0.4 is 5.32 Å². The van der Waals surface area contributed by atoms with Crippen molar-refractivity contribution in [2.45, 2.75) is 51.4 Å². The van der Waals surface area contributed by atoms with Crippen LogP contribution in [-0.2, 0) is 17.5 Å². The van der Waals surface area contributed by atoms with Crippen molar-refractivity contribution < 1.29 is 18.0 Å². The van der Waals surface area contributed by atoms with Crippen molar-refractivity contribution in [3.63, 3.8) is 0 Å². The van der Waals surface area contributed by atoms with Crippen LogP contribution in [0.2, 0.25) is 0 Å². The Hall–Kier alpha value is -3.24. The Labute approximate surface area is 188 Å². The zero-order chi connectivity index (χ0) is 23.2. The van der Waals surface area contributed by atoms with E-state index >= 15 is 0 Å². The molecule has 1 N–H and O–H groups in total. The number of aryl methyl sites for hydroxylation is 1. The van der Waals surface area contributed by atoms with Crippen LogP contribution in [0.5, 0.6) is 0 Å². The van der Waals surface area contributed by atoms with E-state index < -0.39 is 11.9 Å². The quantitative estimate of drug-likeness (QED) is 0.625. The van der Waals surface area contributed by atoms with E-state index in [1.165, 1.54) is 18.6 Å². The third kappa shape index (κ3) is 4.00. The van der Waals surface area contributed by atoms with Gasteiger partial charge in [0.05, 0.1) is 0 Å². The van der Waals surface area contributed by atoms with Crippen molar-refractivity contribution in [2.24, 2.45) is 5.92 Å². The van der Waals surface area contributed by atoms with Crippen LogP contribution in [0.3, 0.4) is 0 Å². The van der Waals surface area contributed by atoms with Gasteiger partial charge in [0.2, 0.25) is 5.91 Å². The van der Waals surface area contributed by atoms with E-state index in [4.69, 9.17) is 0 Å². The molecule has 4 heterocycles. The number of alkyl halides is 3. The first-order valence-electron chi connectivity index (χ1n) is 11.2. The van der Waals surface area contributed by atoms with Crippen molar-refractivity contribution in [3.05, 3.63) is 30.4 Å². The summed E-state index contributed by atoms with van der Waals surface area (Å²) in [4.78, 5) is 31.4. The first-order chi connectivity index (χ1) is 15.8. The van der Waals surface area contributed by atoms with Crippen molar-refractivity contribution >= 4 is 22.9 Å². The molecule has 5 rings (SSSR count). The molecule has 2 fully saturated rings. The molecule has 1 aliphatic carbocycles. The highest BCUT2D eigenvalue weighted by molar-refractivity contribution is 5.86. The number of carbonyl (C=O) groups is 1. The van der Waals surface area contributed by atoms with Crippen LogP contribution in [0.25, 0.3) is 22.6 Å². The molecule has 1 amide bonds. The summed E-state index contributed by atoms with van der Waals surface area (Å²) < 4.78 is 40.5. The number of nitrogens with one attached hydrogen (secondary N) is 1. The van der Waals surface area contributed by atoms with Gasteiger partial charge in [0, 0.05) is 43.4 Å². The highest BCUT2D eigenvalue weighted by Crippen LogP contribution is 2.32. The number of hydrogen-bond acceptors (Lipinski definition) is 6. The Morgan fingerprint density at radius 2 is 2.00 bits per heavy atom. The number of amides is 1. The van der Waals surface area contributed by atoms with Crippen molar-refractivity contribution in [1.29, 1.82) is 0 Å². The van der Waals surface area contributed by atoms with Crippen molar-refractivity contribution in [2.75, 3.05) is 18.4 Å². The monoisotopic (exact) mass is 459 g/mol. The number of hydrogen-bond donors (Lipinski definition) is 1. The standard InChI is InChI=1S/C22H24F3N7O/c1-2-32-19(14-6-7-16(26-10-14)22(23,24)25)30-17-18(27-12-28-20(17)32)29-15-8-9-31(11-15)21(33)13-4-3-5-13/h6-7,10,12-13,15H,2-5,8-9,11H2,1H3,(H,27,28,29)/t15-/m0/s1. The molecule has 8 nitrogen and oxygen atoms in total. The van der Waals surface area contributed by atoms with Gasteiger partial charge in [0.15, 0.2) is 17.0 Å². The number of pyridine rings is 1. The van der Waals surface area contributed by atoms with Gasteiger partial charge >= 0.3 is 6.18 Å². The minimum atomic E-state index is -4.50. The second-order valence-electron chi connectivity index (χ2n) is 8.55. The van der Waals surface area contributed by atoms with Crippen LogP contribution in [0, 0.1) is 5.92 Å². The molecular formula is C22H24F3N7O. The summed E-state index contributed by atoms with van der Waals surface area (Å²) in [5.74, 6) is 1.45. The van der Waals surface area contributed by atoms with E-state index in [1.807, 2.05) is 16.4 Å². The highest BCUT2D eigenvalue weighted by Gasteiger charge is 2.34. The largest absolute Gasteiger partial charge is 0.433 e. The van der Waals surface area contributed by atoms with Gasteiger partial charge in [-0.05, 0) is 38.3 Å². The molecule has 0 unspecified atom stereocenters. The van der Waals surface area contributed by atoms with Gasteiger partial charge in [0.1, 0.15) is 17.8 Å². The molecule has 0 bridgehead atoms. The number of aromatic nitrogens is 5. The highest BCUT2D eigenvalue weighted by atomic mass is 19.4. The maximum Gasteiger partial charge on any atom is 0.433 e. The molecule has 1 saturated carbocycles. The number of anilines is 1. The molecule has 1 saturated heterocycles. The zero-order valence-electron chi connectivity index (χ0n) is 18.1. The fraction of sp³-hybridized carbons (Fsp3) is 0.500. The molecule has 3 aromatic rings. The topological polar surface area (TPSA) is 88.8 Å². The summed E-state index contributed by atoms with van der Waals surface area (Å²) in [5, 5.41) is 3.40. The fourth-order valence-corrected chi connectivity index (χ4v) is 4.44. The maximum atomic E-state index is 12.9. The lowest BCUT2D eigenvalue weighted by atomic mass is 9.84. The molecule has 1 aliphatic heterocycles. The number of likely N-dealkylation sites (tertiary alicyclic amines) is 1. The predicted octanol–water partition coefficient (Wildman–Crippen LogP) is 3.74. The van der Waals surface area contributed by atoms with Gasteiger partial charge in [0.25, 0.3) is 0 Å². The zero-order valence-corrected chi connectivity index (χ0v) is 18.1. The number of halogens is 3. The first kappa shape index (κ1) is 21.6. The van der Waals surface area contributed by atoms with E-state index in [9.17, 15) is 18.0 Å². The van der Waals surface area contributed by atoms with Crippen LogP contribution >= 0.6 is 0 Å². The van der Waals surface area contributed by atoms with E-state index in [0.717, 1.165) is 31.7 Å². The van der Waals surface area contributed by atoms with Gasteiger partial charge in [-0.25, -0.2) is 15.0 Å². The van der Waals surface area contributed by atoms with Crippen molar-refractivity contribution in [3.8, 4) is 11.4 Å². The molecule has 33 heavy (non-hydrogen) atoms. The number of imidazole rings is 1. The summed E-state index contributed by atoms with van der Waals surface area (Å²) in [6.07, 6.45) is 2.03. The van der Waals surface area contributed by atoms with Crippen LogP contribution in [0.1, 0.15) is 38.3 Å². The predicted molar refractivity (Wildman–Crippen MR) is 115 cm³/mol. The van der Waals surface area contributed by atoms with Gasteiger partial charge in [-0.3, -0.25) is 9.78 Å². The average molecular weight is 459 g/mol. The van der Waals surface area contributed by atoms with E-state index in [1.54, 1.807) is 0 Å². The smallest absolute Gasteiger partial charge is 0.364 e. The minimum absolute atomic E-state index is 0.0510. The Morgan fingerprint density at radius 3 is 2.64 bits per heavy atom. The molecule has 0 spiro atoms. The summed E-state index contributed by atoms with van der Waals surface area (Å²) >= 11 is 0. The lowest BCUT2D eigenvalue weighted by Crippen LogP contribution is -2.38. The summed E-state index contributed by atoms with van der Waals surface area (Å²) in [6, 6.07) is 2.37. The number of fused-ring (bicyclic) bond motifs is 1. The van der Waals surface area contributed by atoms with Gasteiger partial charge in [-0.15, -0.1) is 0 Å². The summed E-state index contributed by atoms with van der Waals surface area (Å²) in [6.45, 7) is 3.77. The van der Waals surface area contributed by atoms with Gasteiger partial charge in [-0.2, -0.15) is 13.2 Å². The summed E-state index contributed by atoms with van der Waals surface area (Å²) in [7, 11) is 0. The van der Waals surface area contributed by atoms with E-state index in [2.05, 4.69) is 25.3 Å². The van der Waals surface area contributed by atoms with Crippen LogP contribution in [-0.4, -0.2) is 54.4 Å². The minimum Gasteiger partial charge on any atom is -0.364 e. The van der Waals surface area contributed by atoms with E-state index in [0.29, 0.717) is 48.0 Å². The third-order valence-corrected chi connectivity index (χ3v) is 6.46. The number of nitrogens with zero attached hydrogens (tertiary/aromatic N) is 6. The Bertz CT molecular complexity index is 1170. The lowest BCUT2D eigenvalue weighted by molar-refractivity contribution is -0.141. The van der Waals surface area contributed by atoms with E-state index in [-0.39, 0.29) is 17.9 Å². The van der Waals surface area contributed by atoms with Crippen LogP contribution in [0.4, 0.5) is 19.0 Å². The van der Waals surface area contributed by atoms with Gasteiger partial charge in [-0.1, -0.05) is 6.42 Å². The SMILES string of the molecule is CCn1c(-c2ccc(C(F)(F)F)nc2)nc2c(N[C@H]3CCN(C(=O)C4CCC4)C3)ncnc21. The summed E-state index contributed by atoms with van der Waals surface area (Å²) in [5.41, 5.74) is 0.644.